The fraction of sp³-hybridized carbons (Fsp3) is 0.727. The second kappa shape index (κ2) is 5.83. The first-order valence-corrected chi connectivity index (χ1v) is 6.76. The topological polar surface area (TPSA) is 41.9 Å². The summed E-state index contributed by atoms with van der Waals surface area (Å²) in [5.74, 6) is 1.42. The summed E-state index contributed by atoms with van der Waals surface area (Å²) in [6.07, 6.45) is 4.86. The number of rotatable bonds is 2. The quantitative estimate of drug-likeness (QED) is 0.831. The maximum absolute atomic E-state index is 5.79. The van der Waals surface area contributed by atoms with E-state index in [1.54, 1.807) is 0 Å². The van der Waals surface area contributed by atoms with Gasteiger partial charge in [0.2, 0.25) is 16.5 Å². The maximum Gasteiger partial charge on any atom is 0.230 e. The van der Waals surface area contributed by atoms with Crippen molar-refractivity contribution in [3.63, 3.8) is 0 Å². The lowest BCUT2D eigenvalue weighted by molar-refractivity contribution is 0.459. The van der Waals surface area contributed by atoms with Crippen LogP contribution in [0.15, 0.2) is 0 Å². The van der Waals surface area contributed by atoms with Gasteiger partial charge in [-0.3, -0.25) is 0 Å². The van der Waals surface area contributed by atoms with Crippen molar-refractivity contribution in [2.45, 2.75) is 32.6 Å². The molecule has 1 aliphatic heterocycles. The first-order valence-electron chi connectivity index (χ1n) is 6.01. The summed E-state index contributed by atoms with van der Waals surface area (Å²) < 4.78 is 0. The Labute approximate surface area is 111 Å². The molecule has 0 aliphatic carbocycles. The largest absolute Gasteiger partial charge is 0.341 e. The van der Waals surface area contributed by atoms with E-state index < -0.39 is 0 Å². The normalized spacial score (nSPS) is 21.4. The predicted octanol–water partition coefficient (Wildman–Crippen LogP) is 3.19. The zero-order valence-electron chi connectivity index (χ0n) is 9.86. The van der Waals surface area contributed by atoms with Crippen molar-refractivity contribution in [1.29, 1.82) is 0 Å². The second-order valence-electron chi connectivity index (χ2n) is 4.37. The Balaban J connectivity index is 2.11. The highest BCUT2D eigenvalue weighted by atomic mass is 35.5. The van der Waals surface area contributed by atoms with E-state index in [9.17, 15) is 0 Å². The maximum atomic E-state index is 5.79. The molecule has 0 bridgehead atoms. The van der Waals surface area contributed by atoms with E-state index in [1.165, 1.54) is 25.7 Å². The molecule has 0 N–H and O–H groups in total. The number of hydrogen-bond donors (Lipinski definition) is 0. The van der Waals surface area contributed by atoms with Gasteiger partial charge in [0.25, 0.3) is 0 Å². The van der Waals surface area contributed by atoms with Gasteiger partial charge >= 0.3 is 0 Å². The van der Waals surface area contributed by atoms with Crippen molar-refractivity contribution < 1.29 is 0 Å². The number of halogens is 2. The minimum atomic E-state index is 0.163. The molecular formula is C11H16Cl2N4. The average Bonchev–Trinajstić information content (AvgIpc) is 2.52. The molecule has 2 rings (SSSR count). The van der Waals surface area contributed by atoms with Crippen LogP contribution in [0.25, 0.3) is 0 Å². The highest BCUT2D eigenvalue weighted by Crippen LogP contribution is 2.23. The van der Waals surface area contributed by atoms with E-state index in [-0.39, 0.29) is 10.6 Å². The first kappa shape index (κ1) is 12.8. The molecule has 2 heterocycles. The van der Waals surface area contributed by atoms with Crippen LogP contribution in [-0.2, 0) is 0 Å². The Kier molecular flexibility index (Phi) is 4.40. The second-order valence-corrected chi connectivity index (χ2v) is 5.04. The predicted molar refractivity (Wildman–Crippen MR) is 69.7 cm³/mol. The lowest BCUT2D eigenvalue weighted by Gasteiger charge is -2.20. The monoisotopic (exact) mass is 274 g/mol. The minimum absolute atomic E-state index is 0.163. The molecule has 0 saturated carbocycles. The van der Waals surface area contributed by atoms with Gasteiger partial charge in [-0.05, 0) is 48.4 Å². The third-order valence-electron chi connectivity index (χ3n) is 3.28. The summed E-state index contributed by atoms with van der Waals surface area (Å²) >= 11 is 11.6. The first-order chi connectivity index (χ1) is 8.19. The molecule has 1 saturated heterocycles. The van der Waals surface area contributed by atoms with Gasteiger partial charge in [0.15, 0.2) is 0 Å². The van der Waals surface area contributed by atoms with E-state index in [1.807, 2.05) is 0 Å². The average molecular weight is 275 g/mol. The molecule has 17 heavy (non-hydrogen) atoms. The molecular weight excluding hydrogens is 259 g/mol. The molecule has 1 aromatic heterocycles. The summed E-state index contributed by atoms with van der Waals surface area (Å²) in [4.78, 5) is 14.2. The van der Waals surface area contributed by atoms with Crippen LogP contribution < -0.4 is 4.90 Å². The molecule has 0 spiro atoms. The van der Waals surface area contributed by atoms with Crippen LogP contribution in [0.2, 0.25) is 10.6 Å². The van der Waals surface area contributed by atoms with Crippen molar-refractivity contribution in [1.82, 2.24) is 15.0 Å². The molecule has 1 unspecified atom stereocenters. The van der Waals surface area contributed by atoms with E-state index in [0.717, 1.165) is 19.0 Å². The van der Waals surface area contributed by atoms with E-state index in [2.05, 4.69) is 26.8 Å². The standard InChI is InChI=1S/C11H16Cl2N4/c1-2-8-4-3-6-17(7-5-8)11-15-9(12)14-10(13)16-11/h8H,2-7H2,1H3. The summed E-state index contributed by atoms with van der Waals surface area (Å²) in [6, 6.07) is 0. The lowest BCUT2D eigenvalue weighted by Crippen LogP contribution is -2.26. The van der Waals surface area contributed by atoms with Crippen LogP contribution in [0.1, 0.15) is 32.6 Å². The Morgan fingerprint density at radius 2 is 1.82 bits per heavy atom. The van der Waals surface area contributed by atoms with E-state index >= 15 is 0 Å². The fourth-order valence-electron chi connectivity index (χ4n) is 2.23. The van der Waals surface area contributed by atoms with Gasteiger partial charge in [0.05, 0.1) is 0 Å². The molecule has 1 atom stereocenters. The molecule has 0 radical (unpaired) electrons. The molecule has 1 aromatic rings. The third kappa shape index (κ3) is 3.42. The van der Waals surface area contributed by atoms with Gasteiger partial charge in [-0.25, -0.2) is 0 Å². The van der Waals surface area contributed by atoms with Crippen LogP contribution >= 0.6 is 23.2 Å². The van der Waals surface area contributed by atoms with Crippen LogP contribution in [0.3, 0.4) is 0 Å². The van der Waals surface area contributed by atoms with Gasteiger partial charge < -0.3 is 4.90 Å². The summed E-state index contributed by atoms with van der Waals surface area (Å²) in [6.45, 7) is 4.18. The Morgan fingerprint density at radius 1 is 1.12 bits per heavy atom. The highest BCUT2D eigenvalue weighted by molar-refractivity contribution is 6.31. The summed E-state index contributed by atoms with van der Waals surface area (Å²) in [5, 5.41) is 0.326. The minimum Gasteiger partial charge on any atom is -0.341 e. The Hall–Kier alpha value is -0.610. The highest BCUT2D eigenvalue weighted by Gasteiger charge is 2.18. The SMILES string of the molecule is CCC1CCCN(c2nc(Cl)nc(Cl)n2)CC1. The van der Waals surface area contributed by atoms with Crippen molar-refractivity contribution >= 4 is 29.2 Å². The molecule has 1 fully saturated rings. The lowest BCUT2D eigenvalue weighted by atomic mass is 9.98. The molecule has 94 valence electrons. The molecule has 6 heteroatoms. The van der Waals surface area contributed by atoms with Gasteiger partial charge in [-0.2, -0.15) is 15.0 Å². The number of anilines is 1. The number of hydrogen-bond acceptors (Lipinski definition) is 4. The zero-order valence-corrected chi connectivity index (χ0v) is 11.4. The molecule has 0 aromatic carbocycles. The molecule has 1 aliphatic rings. The van der Waals surface area contributed by atoms with Crippen molar-refractivity contribution in [2.75, 3.05) is 18.0 Å². The van der Waals surface area contributed by atoms with Gasteiger partial charge in [-0.15, -0.1) is 0 Å². The van der Waals surface area contributed by atoms with Crippen LogP contribution in [-0.4, -0.2) is 28.0 Å². The molecule has 4 nitrogen and oxygen atoms in total. The van der Waals surface area contributed by atoms with Crippen molar-refractivity contribution in [3.8, 4) is 0 Å². The molecule has 0 amide bonds. The summed E-state index contributed by atoms with van der Waals surface area (Å²) in [7, 11) is 0. The third-order valence-corrected chi connectivity index (χ3v) is 3.61. The summed E-state index contributed by atoms with van der Waals surface area (Å²) in [5.41, 5.74) is 0. The Bertz CT molecular complexity index is 365. The van der Waals surface area contributed by atoms with Gasteiger partial charge in [0, 0.05) is 13.1 Å². The number of nitrogens with zero attached hydrogens (tertiary/aromatic N) is 4. The van der Waals surface area contributed by atoms with Crippen molar-refractivity contribution in [2.24, 2.45) is 5.92 Å². The van der Waals surface area contributed by atoms with Crippen LogP contribution in [0.5, 0.6) is 0 Å². The smallest absolute Gasteiger partial charge is 0.230 e. The van der Waals surface area contributed by atoms with Crippen molar-refractivity contribution in [3.05, 3.63) is 10.6 Å². The van der Waals surface area contributed by atoms with Gasteiger partial charge in [0.1, 0.15) is 0 Å². The zero-order chi connectivity index (χ0) is 12.3. The Morgan fingerprint density at radius 3 is 2.47 bits per heavy atom. The fourth-order valence-corrected chi connectivity index (χ4v) is 2.59. The van der Waals surface area contributed by atoms with E-state index in [4.69, 9.17) is 23.2 Å². The number of aromatic nitrogens is 3. The van der Waals surface area contributed by atoms with Crippen LogP contribution in [0, 0.1) is 5.92 Å². The van der Waals surface area contributed by atoms with Gasteiger partial charge in [-0.1, -0.05) is 13.3 Å². The van der Waals surface area contributed by atoms with Crippen LogP contribution in [0.4, 0.5) is 5.95 Å². The van der Waals surface area contributed by atoms with E-state index in [0.29, 0.717) is 5.95 Å².